The van der Waals surface area contributed by atoms with Crippen LogP contribution in [0.25, 0.3) is 0 Å². The first-order valence-corrected chi connectivity index (χ1v) is 8.28. The number of nitrogens with zero attached hydrogens (tertiary/aromatic N) is 3. The predicted molar refractivity (Wildman–Crippen MR) is 98.7 cm³/mol. The van der Waals surface area contributed by atoms with Crippen molar-refractivity contribution < 1.29 is 4.79 Å². The Balaban J connectivity index is 2.01. The molecule has 0 saturated heterocycles. The van der Waals surface area contributed by atoms with E-state index >= 15 is 0 Å². The second-order valence-electron chi connectivity index (χ2n) is 5.77. The van der Waals surface area contributed by atoms with E-state index in [-0.39, 0.29) is 11.9 Å². The van der Waals surface area contributed by atoms with E-state index < -0.39 is 0 Å². The summed E-state index contributed by atoms with van der Waals surface area (Å²) in [4.78, 5) is 22.8. The third-order valence-corrected chi connectivity index (χ3v) is 3.59. The second-order valence-corrected chi connectivity index (χ2v) is 5.77. The van der Waals surface area contributed by atoms with Gasteiger partial charge in [0.2, 0.25) is 5.95 Å². The zero-order valence-corrected chi connectivity index (χ0v) is 14.7. The molecular formula is C18H25N5O. The SMILES string of the molecule is CCN(CC)c1ccc(NC(=O)c2cnc(NC(C)C)nc2)cc1. The summed E-state index contributed by atoms with van der Waals surface area (Å²) in [6.45, 7) is 10.2. The molecule has 0 spiro atoms. The van der Waals surface area contributed by atoms with Crippen molar-refractivity contribution in [1.29, 1.82) is 0 Å². The molecule has 0 bridgehead atoms. The van der Waals surface area contributed by atoms with Crippen LogP contribution in [0.15, 0.2) is 36.7 Å². The normalized spacial score (nSPS) is 10.5. The Labute approximate surface area is 143 Å². The molecule has 2 rings (SSSR count). The van der Waals surface area contributed by atoms with Gasteiger partial charge in [-0.25, -0.2) is 9.97 Å². The van der Waals surface area contributed by atoms with E-state index in [0.29, 0.717) is 11.5 Å². The smallest absolute Gasteiger partial charge is 0.258 e. The number of amides is 1. The standard InChI is InChI=1S/C18H25N5O/c1-5-23(6-2)16-9-7-15(8-10-16)22-17(24)14-11-19-18(20-12-14)21-13(3)4/h7-13H,5-6H2,1-4H3,(H,22,24)(H,19,20,21). The molecule has 128 valence electrons. The van der Waals surface area contributed by atoms with Crippen molar-refractivity contribution in [2.45, 2.75) is 33.7 Å². The van der Waals surface area contributed by atoms with Gasteiger partial charge in [-0.15, -0.1) is 0 Å². The molecule has 0 aliphatic heterocycles. The van der Waals surface area contributed by atoms with Crippen LogP contribution in [0.5, 0.6) is 0 Å². The predicted octanol–water partition coefficient (Wildman–Crippen LogP) is 3.40. The molecule has 2 N–H and O–H groups in total. The molecule has 0 unspecified atom stereocenters. The van der Waals surface area contributed by atoms with E-state index in [1.54, 1.807) is 0 Å². The average molecular weight is 327 g/mol. The van der Waals surface area contributed by atoms with Crippen molar-refractivity contribution in [3.63, 3.8) is 0 Å². The van der Waals surface area contributed by atoms with Crippen LogP contribution in [-0.2, 0) is 0 Å². The lowest BCUT2D eigenvalue weighted by Crippen LogP contribution is -2.21. The Morgan fingerprint density at radius 3 is 2.17 bits per heavy atom. The lowest BCUT2D eigenvalue weighted by Gasteiger charge is -2.21. The number of benzene rings is 1. The summed E-state index contributed by atoms with van der Waals surface area (Å²) < 4.78 is 0. The number of hydrogen-bond acceptors (Lipinski definition) is 5. The highest BCUT2D eigenvalue weighted by Crippen LogP contribution is 2.18. The first-order chi connectivity index (χ1) is 11.5. The Bertz CT molecular complexity index is 648. The van der Waals surface area contributed by atoms with Crippen LogP contribution in [0.1, 0.15) is 38.1 Å². The summed E-state index contributed by atoms with van der Waals surface area (Å²) in [5, 5.41) is 5.95. The Morgan fingerprint density at radius 2 is 1.67 bits per heavy atom. The number of aromatic nitrogens is 2. The number of hydrogen-bond donors (Lipinski definition) is 2. The first-order valence-electron chi connectivity index (χ1n) is 8.28. The summed E-state index contributed by atoms with van der Waals surface area (Å²) in [6.07, 6.45) is 3.05. The minimum absolute atomic E-state index is 0.221. The number of carbonyl (C=O) groups is 1. The Hall–Kier alpha value is -2.63. The molecule has 0 aliphatic rings. The van der Waals surface area contributed by atoms with E-state index in [0.717, 1.165) is 24.5 Å². The summed E-state index contributed by atoms with van der Waals surface area (Å²) in [6, 6.07) is 8.07. The lowest BCUT2D eigenvalue weighted by molar-refractivity contribution is 0.102. The average Bonchev–Trinajstić information content (AvgIpc) is 2.57. The first kappa shape index (κ1) is 17.7. The van der Waals surface area contributed by atoms with Crippen LogP contribution in [0.3, 0.4) is 0 Å². The third kappa shape index (κ3) is 4.68. The van der Waals surface area contributed by atoms with E-state index in [9.17, 15) is 4.79 Å². The molecular weight excluding hydrogens is 302 g/mol. The van der Waals surface area contributed by atoms with E-state index in [4.69, 9.17) is 0 Å². The van der Waals surface area contributed by atoms with Crippen molar-refractivity contribution in [2.75, 3.05) is 28.6 Å². The molecule has 0 saturated carbocycles. The van der Waals surface area contributed by atoms with Crippen LogP contribution >= 0.6 is 0 Å². The highest BCUT2D eigenvalue weighted by Gasteiger charge is 2.09. The highest BCUT2D eigenvalue weighted by molar-refractivity contribution is 6.03. The van der Waals surface area contributed by atoms with Gasteiger partial charge in [0, 0.05) is 42.9 Å². The zero-order valence-electron chi connectivity index (χ0n) is 14.7. The maximum atomic E-state index is 12.3. The van der Waals surface area contributed by atoms with Crippen molar-refractivity contribution in [3.8, 4) is 0 Å². The van der Waals surface area contributed by atoms with Gasteiger partial charge >= 0.3 is 0 Å². The number of anilines is 3. The summed E-state index contributed by atoms with van der Waals surface area (Å²) in [7, 11) is 0. The van der Waals surface area contributed by atoms with E-state index in [2.05, 4.69) is 39.3 Å². The van der Waals surface area contributed by atoms with Gasteiger partial charge in [0.25, 0.3) is 5.91 Å². The monoisotopic (exact) mass is 327 g/mol. The Morgan fingerprint density at radius 1 is 1.08 bits per heavy atom. The van der Waals surface area contributed by atoms with E-state index in [1.807, 2.05) is 38.1 Å². The molecule has 0 radical (unpaired) electrons. The molecule has 6 nitrogen and oxygen atoms in total. The van der Waals surface area contributed by atoms with Gasteiger partial charge < -0.3 is 15.5 Å². The molecule has 1 amide bonds. The maximum Gasteiger partial charge on any atom is 0.258 e. The summed E-state index contributed by atoms with van der Waals surface area (Å²) in [5.41, 5.74) is 2.32. The van der Waals surface area contributed by atoms with Gasteiger partial charge in [0.15, 0.2) is 0 Å². The molecule has 24 heavy (non-hydrogen) atoms. The van der Waals surface area contributed by atoms with Crippen molar-refractivity contribution >= 4 is 23.2 Å². The number of nitrogens with one attached hydrogen (secondary N) is 2. The quantitative estimate of drug-likeness (QED) is 0.815. The fourth-order valence-electron chi connectivity index (χ4n) is 2.33. The molecule has 0 fully saturated rings. The number of carbonyl (C=O) groups excluding carboxylic acids is 1. The lowest BCUT2D eigenvalue weighted by atomic mass is 10.2. The van der Waals surface area contributed by atoms with Crippen LogP contribution in [0.4, 0.5) is 17.3 Å². The second kappa shape index (κ2) is 8.29. The molecule has 1 aromatic heterocycles. The Kier molecular flexibility index (Phi) is 6.12. The third-order valence-electron chi connectivity index (χ3n) is 3.59. The van der Waals surface area contributed by atoms with Crippen LogP contribution < -0.4 is 15.5 Å². The molecule has 0 atom stereocenters. The zero-order chi connectivity index (χ0) is 17.5. The van der Waals surface area contributed by atoms with Gasteiger partial charge in [-0.1, -0.05) is 0 Å². The van der Waals surface area contributed by atoms with Crippen LogP contribution in [-0.4, -0.2) is 35.0 Å². The summed E-state index contributed by atoms with van der Waals surface area (Å²) >= 11 is 0. The molecule has 1 aromatic carbocycles. The minimum Gasteiger partial charge on any atom is -0.372 e. The van der Waals surface area contributed by atoms with Crippen molar-refractivity contribution in [3.05, 3.63) is 42.2 Å². The molecule has 2 aromatic rings. The molecule has 6 heteroatoms. The molecule has 1 heterocycles. The van der Waals surface area contributed by atoms with Gasteiger partial charge in [0.1, 0.15) is 0 Å². The van der Waals surface area contributed by atoms with Gasteiger partial charge in [0.05, 0.1) is 5.56 Å². The maximum absolute atomic E-state index is 12.3. The number of rotatable bonds is 7. The highest BCUT2D eigenvalue weighted by atomic mass is 16.1. The van der Waals surface area contributed by atoms with Crippen LogP contribution in [0.2, 0.25) is 0 Å². The van der Waals surface area contributed by atoms with Crippen molar-refractivity contribution in [1.82, 2.24) is 9.97 Å². The van der Waals surface area contributed by atoms with Gasteiger partial charge in [-0.2, -0.15) is 0 Å². The van der Waals surface area contributed by atoms with E-state index in [1.165, 1.54) is 12.4 Å². The van der Waals surface area contributed by atoms with Crippen LogP contribution in [0, 0.1) is 0 Å². The fraction of sp³-hybridized carbons (Fsp3) is 0.389. The topological polar surface area (TPSA) is 70.2 Å². The molecule has 0 aliphatic carbocycles. The summed E-state index contributed by atoms with van der Waals surface area (Å²) in [5.74, 6) is 0.298. The van der Waals surface area contributed by atoms with Crippen molar-refractivity contribution in [2.24, 2.45) is 0 Å². The largest absolute Gasteiger partial charge is 0.372 e. The van der Waals surface area contributed by atoms with Gasteiger partial charge in [-0.05, 0) is 52.0 Å². The fourth-order valence-corrected chi connectivity index (χ4v) is 2.33. The van der Waals surface area contributed by atoms with Gasteiger partial charge in [-0.3, -0.25) is 4.79 Å². The minimum atomic E-state index is -0.221.